The van der Waals surface area contributed by atoms with Crippen molar-refractivity contribution in [2.45, 2.75) is 12.8 Å². The number of hydrogen-bond donors (Lipinski definition) is 0. The highest BCUT2D eigenvalue weighted by Crippen LogP contribution is 2.25. The lowest BCUT2D eigenvalue weighted by Gasteiger charge is -2.31. The van der Waals surface area contributed by atoms with Crippen LogP contribution in [0, 0.1) is 17.2 Å². The first-order chi connectivity index (χ1) is 7.29. The molecule has 78 valence electrons. The number of nitrogens with zero attached hydrogens (tertiary/aromatic N) is 2. The molecule has 1 saturated heterocycles. The molecule has 0 amide bonds. The molecule has 2 nitrogen and oxygen atoms in total. The number of halogens is 1. The topological polar surface area (TPSA) is 27.0 Å². The molecule has 1 fully saturated rings. The Kier molecular flexibility index (Phi) is 3.27. The molecule has 0 spiro atoms. The van der Waals surface area contributed by atoms with Crippen LogP contribution < -0.4 is 4.90 Å². The van der Waals surface area contributed by atoms with Crippen molar-refractivity contribution in [2.75, 3.05) is 18.0 Å². The van der Waals surface area contributed by atoms with Gasteiger partial charge in [0.1, 0.15) is 0 Å². The van der Waals surface area contributed by atoms with Gasteiger partial charge < -0.3 is 4.90 Å². The quantitative estimate of drug-likeness (QED) is 0.779. The second-order valence-corrected chi connectivity index (χ2v) is 4.81. The fourth-order valence-corrected chi connectivity index (χ4v) is 2.38. The SMILES string of the molecule is N#CC1CCCN(c2cccc(Br)c2)C1. The zero-order chi connectivity index (χ0) is 10.7. The van der Waals surface area contributed by atoms with Crippen molar-refractivity contribution >= 4 is 21.6 Å². The minimum atomic E-state index is 0.192. The van der Waals surface area contributed by atoms with E-state index in [1.165, 1.54) is 5.69 Å². The lowest BCUT2D eigenvalue weighted by atomic mass is 9.99. The number of rotatable bonds is 1. The van der Waals surface area contributed by atoms with E-state index < -0.39 is 0 Å². The second kappa shape index (κ2) is 4.67. The van der Waals surface area contributed by atoms with E-state index in [0.29, 0.717) is 0 Å². The molecular weight excluding hydrogens is 252 g/mol. The Balaban J connectivity index is 2.14. The van der Waals surface area contributed by atoms with Crippen LogP contribution in [-0.2, 0) is 0 Å². The van der Waals surface area contributed by atoms with Crippen LogP contribution in [0.5, 0.6) is 0 Å². The summed E-state index contributed by atoms with van der Waals surface area (Å²) in [5.41, 5.74) is 1.21. The van der Waals surface area contributed by atoms with Crippen molar-refractivity contribution in [2.24, 2.45) is 5.92 Å². The van der Waals surface area contributed by atoms with Gasteiger partial charge in [0.25, 0.3) is 0 Å². The van der Waals surface area contributed by atoms with E-state index >= 15 is 0 Å². The fourth-order valence-electron chi connectivity index (χ4n) is 1.99. The van der Waals surface area contributed by atoms with Crippen LogP contribution in [0.2, 0.25) is 0 Å². The van der Waals surface area contributed by atoms with E-state index in [2.05, 4.69) is 39.0 Å². The summed E-state index contributed by atoms with van der Waals surface area (Å²) < 4.78 is 1.10. The molecule has 0 aromatic heterocycles. The predicted molar refractivity (Wildman–Crippen MR) is 64.7 cm³/mol. The molecular formula is C12H13BrN2. The largest absolute Gasteiger partial charge is 0.370 e. The first kappa shape index (κ1) is 10.5. The molecule has 15 heavy (non-hydrogen) atoms. The predicted octanol–water partition coefficient (Wildman–Crippen LogP) is 3.19. The molecule has 1 aromatic rings. The number of piperidine rings is 1. The summed E-state index contributed by atoms with van der Waals surface area (Å²) in [4.78, 5) is 2.29. The molecule has 0 N–H and O–H groups in total. The van der Waals surface area contributed by atoms with Gasteiger partial charge in [-0.2, -0.15) is 5.26 Å². The summed E-state index contributed by atoms with van der Waals surface area (Å²) in [6.07, 6.45) is 2.16. The van der Waals surface area contributed by atoms with Crippen molar-refractivity contribution in [3.8, 4) is 6.07 Å². The Morgan fingerprint density at radius 1 is 1.47 bits per heavy atom. The van der Waals surface area contributed by atoms with Crippen LogP contribution in [-0.4, -0.2) is 13.1 Å². The molecule has 0 aliphatic carbocycles. The van der Waals surface area contributed by atoms with Crippen LogP contribution in [0.3, 0.4) is 0 Å². The van der Waals surface area contributed by atoms with Crippen molar-refractivity contribution in [3.05, 3.63) is 28.7 Å². The third-order valence-corrected chi connectivity index (χ3v) is 3.27. The van der Waals surface area contributed by atoms with Gasteiger partial charge >= 0.3 is 0 Å². The van der Waals surface area contributed by atoms with E-state index in [-0.39, 0.29) is 5.92 Å². The van der Waals surface area contributed by atoms with Gasteiger partial charge in [-0.15, -0.1) is 0 Å². The molecule has 1 atom stereocenters. The average Bonchev–Trinajstić information content (AvgIpc) is 2.29. The molecule has 3 heteroatoms. The monoisotopic (exact) mass is 264 g/mol. The van der Waals surface area contributed by atoms with E-state index in [9.17, 15) is 0 Å². The number of benzene rings is 1. The van der Waals surface area contributed by atoms with E-state index in [1.807, 2.05) is 12.1 Å². The third-order valence-electron chi connectivity index (χ3n) is 2.78. The molecule has 1 unspecified atom stereocenters. The smallest absolute Gasteiger partial charge is 0.0674 e. The molecule has 0 radical (unpaired) electrons. The zero-order valence-corrected chi connectivity index (χ0v) is 10.1. The normalized spacial score (nSPS) is 21.1. The van der Waals surface area contributed by atoms with Gasteiger partial charge in [0, 0.05) is 23.2 Å². The second-order valence-electron chi connectivity index (χ2n) is 3.89. The third kappa shape index (κ3) is 2.51. The summed E-state index contributed by atoms with van der Waals surface area (Å²) in [6, 6.07) is 10.6. The van der Waals surface area contributed by atoms with Crippen LogP contribution in [0.4, 0.5) is 5.69 Å². The lowest BCUT2D eigenvalue weighted by molar-refractivity contribution is 0.493. The first-order valence-electron chi connectivity index (χ1n) is 5.20. The standard InChI is InChI=1S/C12H13BrN2/c13-11-4-1-5-12(7-11)15-6-2-3-10(8-14)9-15/h1,4-5,7,10H,2-3,6,9H2. The summed E-state index contributed by atoms with van der Waals surface area (Å²) in [5, 5.41) is 8.92. The molecule has 1 aromatic carbocycles. The van der Waals surface area contributed by atoms with Gasteiger partial charge in [0.2, 0.25) is 0 Å². The van der Waals surface area contributed by atoms with Crippen LogP contribution in [0.15, 0.2) is 28.7 Å². The Labute approximate surface area is 98.6 Å². The maximum absolute atomic E-state index is 8.92. The highest BCUT2D eigenvalue weighted by atomic mass is 79.9. The molecule has 2 rings (SSSR count). The Morgan fingerprint density at radius 2 is 2.33 bits per heavy atom. The van der Waals surface area contributed by atoms with Crippen molar-refractivity contribution in [3.63, 3.8) is 0 Å². The van der Waals surface area contributed by atoms with Crippen LogP contribution in [0.1, 0.15) is 12.8 Å². The summed E-state index contributed by atoms with van der Waals surface area (Å²) in [6.45, 7) is 1.93. The maximum atomic E-state index is 8.92. The minimum absolute atomic E-state index is 0.192. The Hall–Kier alpha value is -1.01. The maximum Gasteiger partial charge on any atom is 0.0674 e. The van der Waals surface area contributed by atoms with Crippen LogP contribution in [0.25, 0.3) is 0 Å². The van der Waals surface area contributed by atoms with E-state index in [1.54, 1.807) is 0 Å². The van der Waals surface area contributed by atoms with Gasteiger partial charge in [0.15, 0.2) is 0 Å². The van der Waals surface area contributed by atoms with Gasteiger partial charge in [-0.25, -0.2) is 0 Å². The van der Waals surface area contributed by atoms with Crippen LogP contribution >= 0.6 is 15.9 Å². The summed E-state index contributed by atoms with van der Waals surface area (Å²) in [7, 11) is 0. The molecule has 1 aliphatic heterocycles. The van der Waals surface area contributed by atoms with E-state index in [4.69, 9.17) is 5.26 Å². The summed E-state index contributed by atoms with van der Waals surface area (Å²) in [5.74, 6) is 0.192. The van der Waals surface area contributed by atoms with Crippen molar-refractivity contribution in [1.29, 1.82) is 5.26 Å². The average molecular weight is 265 g/mol. The highest BCUT2D eigenvalue weighted by molar-refractivity contribution is 9.10. The van der Waals surface area contributed by atoms with Crippen molar-refractivity contribution in [1.82, 2.24) is 0 Å². The molecule has 1 aliphatic rings. The van der Waals surface area contributed by atoms with Gasteiger partial charge in [-0.05, 0) is 31.0 Å². The Morgan fingerprint density at radius 3 is 3.07 bits per heavy atom. The number of nitriles is 1. The fraction of sp³-hybridized carbons (Fsp3) is 0.417. The highest BCUT2D eigenvalue weighted by Gasteiger charge is 2.19. The first-order valence-corrected chi connectivity index (χ1v) is 5.99. The van der Waals surface area contributed by atoms with Crippen molar-refractivity contribution < 1.29 is 0 Å². The lowest BCUT2D eigenvalue weighted by Crippen LogP contribution is -2.34. The molecule has 0 bridgehead atoms. The van der Waals surface area contributed by atoms with Gasteiger partial charge in [-0.3, -0.25) is 0 Å². The van der Waals surface area contributed by atoms with E-state index in [0.717, 1.165) is 30.4 Å². The molecule has 1 heterocycles. The number of hydrogen-bond acceptors (Lipinski definition) is 2. The molecule has 0 saturated carbocycles. The zero-order valence-electron chi connectivity index (χ0n) is 8.49. The van der Waals surface area contributed by atoms with Gasteiger partial charge in [-0.1, -0.05) is 22.0 Å². The Bertz CT molecular complexity index is 383. The minimum Gasteiger partial charge on any atom is -0.370 e. The number of anilines is 1. The summed E-state index contributed by atoms with van der Waals surface area (Å²) >= 11 is 3.47. The van der Waals surface area contributed by atoms with Gasteiger partial charge in [0.05, 0.1) is 12.0 Å².